The Balaban J connectivity index is 1.28. The van der Waals surface area contributed by atoms with E-state index in [4.69, 9.17) is 14.4 Å². The van der Waals surface area contributed by atoms with Crippen LogP contribution in [0.15, 0.2) is 169 Å². The van der Waals surface area contributed by atoms with Crippen molar-refractivity contribution < 1.29 is 4.42 Å². The molecule has 0 bridgehead atoms. The predicted molar refractivity (Wildman–Crippen MR) is 192 cm³/mol. The molecule has 0 radical (unpaired) electrons. The predicted octanol–water partition coefficient (Wildman–Crippen LogP) is 11.3. The summed E-state index contributed by atoms with van der Waals surface area (Å²) >= 11 is 0. The van der Waals surface area contributed by atoms with Crippen LogP contribution in [0.2, 0.25) is 0 Å². The third-order valence-electron chi connectivity index (χ3n) is 8.84. The summed E-state index contributed by atoms with van der Waals surface area (Å²) < 4.78 is 5.87. The van der Waals surface area contributed by atoms with Gasteiger partial charge in [-0.15, -0.1) is 0 Å². The van der Waals surface area contributed by atoms with Crippen molar-refractivity contribution in [1.82, 2.24) is 15.0 Å². The highest BCUT2D eigenvalue weighted by Crippen LogP contribution is 2.43. The van der Waals surface area contributed by atoms with Gasteiger partial charge >= 0.3 is 0 Å². The lowest BCUT2D eigenvalue weighted by Gasteiger charge is -2.17. The minimum absolute atomic E-state index is 0.683. The van der Waals surface area contributed by atoms with Crippen LogP contribution < -0.4 is 0 Å². The lowest BCUT2D eigenvalue weighted by molar-refractivity contribution is 0.602. The number of nitrogens with zero attached hydrogens (tertiary/aromatic N) is 3. The topological polar surface area (TPSA) is 51.8 Å². The van der Waals surface area contributed by atoms with Gasteiger partial charge in [-0.1, -0.05) is 140 Å². The van der Waals surface area contributed by atoms with Gasteiger partial charge in [0.25, 0.3) is 0 Å². The van der Waals surface area contributed by atoms with Crippen molar-refractivity contribution in [3.63, 3.8) is 0 Å². The lowest BCUT2D eigenvalue weighted by atomic mass is 9.87. The number of hydrogen-bond acceptors (Lipinski definition) is 4. The molecule has 0 saturated heterocycles. The maximum absolute atomic E-state index is 5.87. The van der Waals surface area contributed by atoms with Crippen molar-refractivity contribution in [1.29, 1.82) is 0 Å². The van der Waals surface area contributed by atoms with Crippen molar-refractivity contribution in [2.45, 2.75) is 0 Å². The van der Waals surface area contributed by atoms with Crippen molar-refractivity contribution >= 4 is 32.6 Å². The Hall–Kier alpha value is -6.39. The second-order valence-electron chi connectivity index (χ2n) is 11.7. The molecule has 0 aliphatic heterocycles. The first-order valence-corrected chi connectivity index (χ1v) is 15.7. The molecule has 0 saturated carbocycles. The van der Waals surface area contributed by atoms with Gasteiger partial charge in [-0.05, 0) is 56.6 Å². The fourth-order valence-corrected chi connectivity index (χ4v) is 6.63. The van der Waals surface area contributed by atoms with E-state index in [0.717, 1.165) is 72.2 Å². The van der Waals surface area contributed by atoms with E-state index in [0.29, 0.717) is 5.82 Å². The molecule has 2 aromatic heterocycles. The Morgan fingerprint density at radius 2 is 1.04 bits per heavy atom. The van der Waals surface area contributed by atoms with E-state index in [2.05, 4.69) is 126 Å². The average Bonchev–Trinajstić information content (AvgIpc) is 3.64. The maximum Gasteiger partial charge on any atom is 0.182 e. The number of rotatable bonds is 5. The highest BCUT2D eigenvalue weighted by Gasteiger charge is 2.18. The second kappa shape index (κ2) is 11.2. The first-order chi connectivity index (χ1) is 23.3. The van der Waals surface area contributed by atoms with Crippen molar-refractivity contribution in [3.05, 3.63) is 164 Å². The number of aromatic nitrogens is 3. The maximum atomic E-state index is 5.87. The molecule has 47 heavy (non-hydrogen) atoms. The fourth-order valence-electron chi connectivity index (χ4n) is 6.63. The normalized spacial score (nSPS) is 11.4. The summed E-state index contributed by atoms with van der Waals surface area (Å²) in [4.78, 5) is 14.8. The van der Waals surface area contributed by atoms with E-state index >= 15 is 0 Å². The van der Waals surface area contributed by atoms with Gasteiger partial charge in [0.2, 0.25) is 0 Å². The third kappa shape index (κ3) is 4.75. The molecule has 0 atom stereocenters. The molecular formula is C43H27N3O. The summed E-state index contributed by atoms with van der Waals surface area (Å²) in [5, 5.41) is 4.55. The van der Waals surface area contributed by atoms with Gasteiger partial charge in [0, 0.05) is 22.1 Å². The highest BCUT2D eigenvalue weighted by atomic mass is 16.3. The zero-order valence-corrected chi connectivity index (χ0v) is 25.3. The zero-order chi connectivity index (χ0) is 31.2. The van der Waals surface area contributed by atoms with Gasteiger partial charge in [0.1, 0.15) is 5.52 Å². The van der Waals surface area contributed by atoms with Crippen LogP contribution in [0.25, 0.3) is 88.8 Å². The van der Waals surface area contributed by atoms with Crippen molar-refractivity contribution in [2.75, 3.05) is 0 Å². The molecule has 0 amide bonds. The molecule has 2 heterocycles. The van der Waals surface area contributed by atoms with Gasteiger partial charge in [-0.2, -0.15) is 0 Å². The largest absolute Gasteiger partial charge is 0.443 e. The molecule has 4 heteroatoms. The molecule has 0 N–H and O–H groups in total. The molecular weight excluding hydrogens is 574 g/mol. The molecule has 0 fully saturated rings. The van der Waals surface area contributed by atoms with E-state index in [1.807, 2.05) is 36.4 Å². The van der Waals surface area contributed by atoms with Gasteiger partial charge in [0.15, 0.2) is 17.8 Å². The van der Waals surface area contributed by atoms with E-state index in [9.17, 15) is 0 Å². The van der Waals surface area contributed by atoms with E-state index in [1.54, 1.807) is 0 Å². The van der Waals surface area contributed by atoms with Gasteiger partial charge in [-0.25, -0.2) is 15.0 Å². The minimum atomic E-state index is 0.683. The Morgan fingerprint density at radius 3 is 1.79 bits per heavy atom. The standard InChI is InChI=1S/C43H27N3O/c1-3-13-29(14-4-1)38-26-39(30-15-5-2-6-16-30)46-43(45-38)32-18-11-17-31(24-32)41-33-19-8-7-12-28(33)22-23-35(41)37-25-40-42(44-27-47-40)36-21-10-9-20-34(36)37/h1-27H. The van der Waals surface area contributed by atoms with Crippen molar-refractivity contribution in [3.8, 4) is 56.2 Å². The summed E-state index contributed by atoms with van der Waals surface area (Å²) in [6.07, 6.45) is 1.53. The first-order valence-electron chi connectivity index (χ1n) is 15.7. The number of benzene rings is 7. The monoisotopic (exact) mass is 601 g/mol. The lowest BCUT2D eigenvalue weighted by Crippen LogP contribution is -1.96. The molecule has 0 spiro atoms. The zero-order valence-electron chi connectivity index (χ0n) is 25.3. The summed E-state index contributed by atoms with van der Waals surface area (Å²) in [5.41, 5.74) is 10.9. The Bertz CT molecular complexity index is 2510. The number of fused-ring (bicyclic) bond motifs is 4. The number of oxazole rings is 1. The van der Waals surface area contributed by atoms with Crippen LogP contribution in [-0.2, 0) is 0 Å². The Labute approximate surface area is 271 Å². The summed E-state index contributed by atoms with van der Waals surface area (Å²) in [7, 11) is 0. The average molecular weight is 602 g/mol. The van der Waals surface area contributed by atoms with Crippen LogP contribution in [0.5, 0.6) is 0 Å². The van der Waals surface area contributed by atoms with Gasteiger partial charge in [0.05, 0.1) is 11.4 Å². The second-order valence-corrected chi connectivity index (χ2v) is 11.7. The molecule has 0 aliphatic carbocycles. The Morgan fingerprint density at radius 1 is 0.426 bits per heavy atom. The van der Waals surface area contributed by atoms with Crippen LogP contribution in [-0.4, -0.2) is 15.0 Å². The fraction of sp³-hybridized carbons (Fsp3) is 0. The Kier molecular flexibility index (Phi) is 6.43. The molecule has 9 rings (SSSR count). The molecule has 7 aromatic carbocycles. The summed E-state index contributed by atoms with van der Waals surface area (Å²) in [6, 6.07) is 54.8. The van der Waals surface area contributed by atoms with Gasteiger partial charge < -0.3 is 4.42 Å². The SMILES string of the molecule is c1ccc(-c2cc(-c3ccccc3)nc(-c3cccc(-c4c(-c5cc6ocnc6c6ccccc56)ccc5ccccc45)c3)n2)cc1. The van der Waals surface area contributed by atoms with E-state index in [-0.39, 0.29) is 0 Å². The quantitative estimate of drug-likeness (QED) is 0.197. The van der Waals surface area contributed by atoms with Crippen LogP contribution in [0.1, 0.15) is 0 Å². The molecule has 220 valence electrons. The van der Waals surface area contributed by atoms with Crippen LogP contribution in [0.4, 0.5) is 0 Å². The van der Waals surface area contributed by atoms with Crippen LogP contribution >= 0.6 is 0 Å². The number of hydrogen-bond donors (Lipinski definition) is 0. The van der Waals surface area contributed by atoms with Crippen LogP contribution in [0, 0.1) is 0 Å². The minimum Gasteiger partial charge on any atom is -0.443 e. The molecule has 0 unspecified atom stereocenters. The van der Waals surface area contributed by atoms with E-state index in [1.165, 1.54) is 17.2 Å². The smallest absolute Gasteiger partial charge is 0.182 e. The molecule has 4 nitrogen and oxygen atoms in total. The first kappa shape index (κ1) is 27.0. The molecule has 0 aliphatic rings. The van der Waals surface area contributed by atoms with E-state index < -0.39 is 0 Å². The van der Waals surface area contributed by atoms with Crippen LogP contribution in [0.3, 0.4) is 0 Å². The molecule has 9 aromatic rings. The highest BCUT2D eigenvalue weighted by molar-refractivity contribution is 6.14. The summed E-state index contributed by atoms with van der Waals surface area (Å²) in [6.45, 7) is 0. The van der Waals surface area contributed by atoms with Crippen molar-refractivity contribution in [2.24, 2.45) is 0 Å². The summed E-state index contributed by atoms with van der Waals surface area (Å²) in [5.74, 6) is 0.683. The van der Waals surface area contributed by atoms with Gasteiger partial charge in [-0.3, -0.25) is 0 Å². The third-order valence-corrected chi connectivity index (χ3v) is 8.84.